The first-order chi connectivity index (χ1) is 9.38. The van der Waals surface area contributed by atoms with Crippen molar-refractivity contribution < 1.29 is 9.15 Å². The summed E-state index contributed by atoms with van der Waals surface area (Å²) in [6.07, 6.45) is 7.40. The summed E-state index contributed by atoms with van der Waals surface area (Å²) >= 11 is 3.46. The van der Waals surface area contributed by atoms with Crippen LogP contribution in [0.1, 0.15) is 25.0 Å². The Morgan fingerprint density at radius 2 is 2.05 bits per heavy atom. The van der Waals surface area contributed by atoms with E-state index in [0.29, 0.717) is 0 Å². The average molecular weight is 324 g/mol. The Hall–Kier alpha value is -1.29. The fourth-order valence-corrected chi connectivity index (χ4v) is 2.33. The minimum Gasteiger partial charge on any atom is -0.490 e. The largest absolute Gasteiger partial charge is 0.490 e. The van der Waals surface area contributed by atoms with Gasteiger partial charge in [-0.05, 0) is 31.4 Å². The Morgan fingerprint density at radius 1 is 1.21 bits per heavy atom. The van der Waals surface area contributed by atoms with E-state index < -0.39 is 0 Å². The van der Waals surface area contributed by atoms with Gasteiger partial charge in [0.25, 0.3) is 0 Å². The number of aromatic nitrogens is 1. The fourth-order valence-electron chi connectivity index (χ4n) is 1.93. The lowest BCUT2D eigenvalue weighted by atomic mass is 10.1. The van der Waals surface area contributed by atoms with Crippen LogP contribution in [0.5, 0.6) is 5.75 Å². The van der Waals surface area contributed by atoms with E-state index in [0.717, 1.165) is 42.5 Å². The first-order valence-corrected chi connectivity index (χ1v) is 7.65. The topological polar surface area (TPSA) is 35.3 Å². The van der Waals surface area contributed by atoms with Crippen molar-refractivity contribution in [1.29, 1.82) is 0 Å². The summed E-state index contributed by atoms with van der Waals surface area (Å²) in [6, 6.07) is 9.94. The fraction of sp³-hybridized carbons (Fsp3) is 0.400. The summed E-state index contributed by atoms with van der Waals surface area (Å²) in [5, 5.41) is 1.04. The molecule has 2 aromatic rings. The Balaban J connectivity index is 1.93. The maximum atomic E-state index is 6.04. The summed E-state index contributed by atoms with van der Waals surface area (Å²) < 4.78 is 11.1. The van der Waals surface area contributed by atoms with Crippen LogP contribution in [0.2, 0.25) is 0 Å². The predicted molar refractivity (Wildman–Crippen MR) is 78.7 cm³/mol. The molecule has 0 fully saturated rings. The molecular formula is C15H18BrNO2. The summed E-state index contributed by atoms with van der Waals surface area (Å²) in [4.78, 5) is 4.17. The quantitative estimate of drug-likeness (QED) is 0.538. The molecule has 2 rings (SSSR count). The van der Waals surface area contributed by atoms with Gasteiger partial charge in [0.15, 0.2) is 6.39 Å². The Kier molecular flexibility index (Phi) is 5.95. The Morgan fingerprint density at radius 3 is 2.74 bits per heavy atom. The number of hydrogen-bond donors (Lipinski definition) is 0. The van der Waals surface area contributed by atoms with E-state index in [9.17, 15) is 0 Å². The lowest BCUT2D eigenvalue weighted by Gasteiger charge is -2.18. The summed E-state index contributed by atoms with van der Waals surface area (Å²) in [6.45, 7) is 0. The van der Waals surface area contributed by atoms with E-state index in [1.54, 1.807) is 6.26 Å². The average Bonchev–Trinajstić information content (AvgIpc) is 2.93. The molecule has 102 valence electrons. The molecule has 0 amide bonds. The van der Waals surface area contributed by atoms with Crippen molar-refractivity contribution in [2.24, 2.45) is 0 Å². The van der Waals surface area contributed by atoms with Crippen LogP contribution in [0.25, 0.3) is 0 Å². The smallest absolute Gasteiger partial charge is 0.180 e. The molecule has 0 aliphatic heterocycles. The number of nitrogens with zero attached hydrogens (tertiary/aromatic N) is 1. The Labute approximate surface area is 122 Å². The van der Waals surface area contributed by atoms with Gasteiger partial charge in [0.1, 0.15) is 18.1 Å². The van der Waals surface area contributed by atoms with Gasteiger partial charge >= 0.3 is 0 Å². The molecule has 1 aromatic carbocycles. The number of alkyl halides is 1. The molecule has 1 unspecified atom stereocenters. The lowest BCUT2D eigenvalue weighted by Crippen LogP contribution is -2.20. The third kappa shape index (κ3) is 5.07. The van der Waals surface area contributed by atoms with Crippen molar-refractivity contribution in [2.75, 3.05) is 5.33 Å². The van der Waals surface area contributed by atoms with Gasteiger partial charge < -0.3 is 9.15 Å². The highest BCUT2D eigenvalue weighted by Gasteiger charge is 2.13. The molecule has 19 heavy (non-hydrogen) atoms. The number of halogens is 1. The second kappa shape index (κ2) is 8.00. The van der Waals surface area contributed by atoms with Gasteiger partial charge in [0, 0.05) is 11.8 Å². The van der Waals surface area contributed by atoms with Crippen molar-refractivity contribution in [3.63, 3.8) is 0 Å². The zero-order valence-corrected chi connectivity index (χ0v) is 12.4. The Bertz CT molecular complexity index is 444. The van der Waals surface area contributed by atoms with Crippen molar-refractivity contribution in [1.82, 2.24) is 4.98 Å². The minimum absolute atomic E-state index is 0.145. The minimum atomic E-state index is 0.145. The molecule has 0 aliphatic rings. The molecule has 0 saturated carbocycles. The van der Waals surface area contributed by atoms with E-state index in [1.165, 1.54) is 6.39 Å². The SMILES string of the molecule is BrCCCCC(Cc1cocn1)Oc1ccccc1. The monoisotopic (exact) mass is 323 g/mol. The normalized spacial score (nSPS) is 12.3. The van der Waals surface area contributed by atoms with Gasteiger partial charge in [-0.1, -0.05) is 34.1 Å². The highest BCUT2D eigenvalue weighted by molar-refractivity contribution is 9.09. The molecule has 1 heterocycles. The zero-order chi connectivity index (χ0) is 13.3. The van der Waals surface area contributed by atoms with Crippen LogP contribution < -0.4 is 4.74 Å². The molecule has 1 aromatic heterocycles. The van der Waals surface area contributed by atoms with Crippen LogP contribution in [0, 0.1) is 0 Å². The number of benzene rings is 1. The van der Waals surface area contributed by atoms with Gasteiger partial charge in [0.2, 0.25) is 0 Å². The molecule has 1 atom stereocenters. The van der Waals surface area contributed by atoms with Gasteiger partial charge in [-0.25, -0.2) is 4.98 Å². The van der Waals surface area contributed by atoms with Crippen LogP contribution in [-0.2, 0) is 6.42 Å². The standard InChI is InChI=1S/C15H18BrNO2/c16-9-5-4-8-15(10-13-11-18-12-17-13)19-14-6-2-1-3-7-14/h1-3,6-7,11-12,15H,4-5,8-10H2. The molecular weight excluding hydrogens is 306 g/mol. The molecule has 0 saturated heterocycles. The van der Waals surface area contributed by atoms with Crippen molar-refractivity contribution in [3.05, 3.63) is 48.7 Å². The van der Waals surface area contributed by atoms with Gasteiger partial charge in [-0.2, -0.15) is 0 Å². The zero-order valence-electron chi connectivity index (χ0n) is 10.8. The maximum absolute atomic E-state index is 6.04. The van der Waals surface area contributed by atoms with Crippen molar-refractivity contribution in [2.45, 2.75) is 31.8 Å². The molecule has 0 radical (unpaired) electrons. The molecule has 0 bridgehead atoms. The third-order valence-corrected chi connectivity index (χ3v) is 3.44. The van der Waals surface area contributed by atoms with E-state index in [4.69, 9.17) is 9.15 Å². The summed E-state index contributed by atoms with van der Waals surface area (Å²) in [5.74, 6) is 0.912. The van der Waals surface area contributed by atoms with Gasteiger partial charge in [0.05, 0.1) is 5.69 Å². The van der Waals surface area contributed by atoms with E-state index in [1.807, 2.05) is 30.3 Å². The molecule has 0 aliphatic carbocycles. The predicted octanol–water partition coefficient (Wildman–Crippen LogP) is 4.23. The van der Waals surface area contributed by atoms with Gasteiger partial charge in [-0.3, -0.25) is 0 Å². The number of hydrogen-bond acceptors (Lipinski definition) is 3. The van der Waals surface area contributed by atoms with E-state index in [2.05, 4.69) is 20.9 Å². The number of ether oxygens (including phenoxy) is 1. The first-order valence-electron chi connectivity index (χ1n) is 6.53. The second-order valence-corrected chi connectivity index (χ2v) is 5.21. The number of unbranched alkanes of at least 4 members (excludes halogenated alkanes) is 1. The summed E-state index contributed by atoms with van der Waals surface area (Å²) in [7, 11) is 0. The number of oxazole rings is 1. The molecule has 0 N–H and O–H groups in total. The third-order valence-electron chi connectivity index (χ3n) is 2.88. The molecule has 0 spiro atoms. The highest BCUT2D eigenvalue weighted by Crippen LogP contribution is 2.17. The maximum Gasteiger partial charge on any atom is 0.180 e. The van der Waals surface area contributed by atoms with Crippen LogP contribution in [-0.4, -0.2) is 16.4 Å². The lowest BCUT2D eigenvalue weighted by molar-refractivity contribution is 0.187. The van der Waals surface area contributed by atoms with Crippen molar-refractivity contribution >= 4 is 15.9 Å². The number of para-hydroxylation sites is 1. The van der Waals surface area contributed by atoms with Crippen LogP contribution in [0.3, 0.4) is 0 Å². The van der Waals surface area contributed by atoms with Crippen molar-refractivity contribution in [3.8, 4) is 5.75 Å². The number of rotatable bonds is 8. The molecule has 4 heteroatoms. The van der Waals surface area contributed by atoms with E-state index in [-0.39, 0.29) is 6.10 Å². The van der Waals surface area contributed by atoms with Gasteiger partial charge in [-0.15, -0.1) is 0 Å². The summed E-state index contributed by atoms with van der Waals surface area (Å²) in [5.41, 5.74) is 0.944. The van der Waals surface area contributed by atoms with Crippen LogP contribution in [0.4, 0.5) is 0 Å². The molecule has 3 nitrogen and oxygen atoms in total. The van der Waals surface area contributed by atoms with Crippen LogP contribution in [0.15, 0.2) is 47.4 Å². The van der Waals surface area contributed by atoms with E-state index >= 15 is 0 Å². The second-order valence-electron chi connectivity index (χ2n) is 4.42. The highest BCUT2D eigenvalue weighted by atomic mass is 79.9. The first kappa shape index (κ1) is 14.1. The van der Waals surface area contributed by atoms with Crippen LogP contribution >= 0.6 is 15.9 Å².